The van der Waals surface area contributed by atoms with Crippen LogP contribution in [0.5, 0.6) is 0 Å². The molecule has 1 aliphatic heterocycles. The van der Waals surface area contributed by atoms with Crippen molar-refractivity contribution in [3.8, 4) is 0 Å². The van der Waals surface area contributed by atoms with Crippen LogP contribution in [-0.4, -0.2) is 20.4 Å². The highest BCUT2D eigenvalue weighted by Gasteiger charge is 2.35. The van der Waals surface area contributed by atoms with E-state index in [1.165, 1.54) is 11.8 Å². The predicted octanol–water partition coefficient (Wildman–Crippen LogP) is 1.81. The first-order valence-electron chi connectivity index (χ1n) is 5.24. The Morgan fingerprint density at radius 2 is 2.24 bits per heavy atom. The molecule has 2 rings (SSSR count). The molecule has 94 valence electrons. The SMILES string of the molecule is Cc1nc(CSC2=C(F)C(C)(C)ON2)n(C)n1. The fourth-order valence-corrected chi connectivity index (χ4v) is 2.45. The van der Waals surface area contributed by atoms with E-state index < -0.39 is 5.60 Å². The van der Waals surface area contributed by atoms with Gasteiger partial charge in [0, 0.05) is 7.05 Å². The molecule has 0 amide bonds. The molecule has 1 aromatic rings. The average molecular weight is 258 g/mol. The molecule has 0 bridgehead atoms. The third-order valence-electron chi connectivity index (χ3n) is 2.43. The summed E-state index contributed by atoms with van der Waals surface area (Å²) in [6.07, 6.45) is 0. The normalized spacial score (nSPS) is 18.6. The van der Waals surface area contributed by atoms with Crippen LogP contribution in [0.15, 0.2) is 10.9 Å². The summed E-state index contributed by atoms with van der Waals surface area (Å²) in [6, 6.07) is 0. The Kier molecular flexibility index (Phi) is 3.13. The standard InChI is InChI=1S/C10H15FN4OS/c1-6-12-7(15(4)13-6)5-17-9-8(11)10(2,3)16-14-9/h14H,5H2,1-4H3. The molecule has 0 spiro atoms. The first kappa shape index (κ1) is 12.4. The van der Waals surface area contributed by atoms with Gasteiger partial charge in [-0.3, -0.25) is 15.0 Å². The van der Waals surface area contributed by atoms with Crippen LogP contribution in [0.2, 0.25) is 0 Å². The number of hydrogen-bond donors (Lipinski definition) is 1. The van der Waals surface area contributed by atoms with E-state index in [0.29, 0.717) is 16.6 Å². The summed E-state index contributed by atoms with van der Waals surface area (Å²) in [5.41, 5.74) is 1.71. The first-order valence-corrected chi connectivity index (χ1v) is 6.22. The van der Waals surface area contributed by atoms with Gasteiger partial charge in [-0.1, -0.05) is 11.8 Å². The van der Waals surface area contributed by atoms with Crippen molar-refractivity contribution in [2.75, 3.05) is 0 Å². The van der Waals surface area contributed by atoms with Crippen LogP contribution in [-0.2, 0) is 17.6 Å². The van der Waals surface area contributed by atoms with Gasteiger partial charge in [0.25, 0.3) is 0 Å². The molecule has 1 N–H and O–H groups in total. The molecule has 0 unspecified atom stereocenters. The molecule has 2 heterocycles. The number of aryl methyl sites for hydroxylation is 2. The number of nitrogens with one attached hydrogen (secondary N) is 1. The Hall–Kier alpha value is -1.08. The molecule has 5 nitrogen and oxygen atoms in total. The van der Waals surface area contributed by atoms with Gasteiger partial charge >= 0.3 is 0 Å². The Balaban J connectivity index is 2.05. The zero-order chi connectivity index (χ0) is 12.6. The molecular formula is C10H15FN4OS. The lowest BCUT2D eigenvalue weighted by Gasteiger charge is -2.12. The summed E-state index contributed by atoms with van der Waals surface area (Å²) in [5.74, 6) is 1.79. The van der Waals surface area contributed by atoms with Gasteiger partial charge in [0.1, 0.15) is 22.3 Å². The van der Waals surface area contributed by atoms with Gasteiger partial charge in [-0.2, -0.15) is 5.10 Å². The Morgan fingerprint density at radius 3 is 2.71 bits per heavy atom. The third-order valence-corrected chi connectivity index (χ3v) is 3.39. The number of halogens is 1. The van der Waals surface area contributed by atoms with Gasteiger partial charge in [-0.05, 0) is 20.8 Å². The van der Waals surface area contributed by atoms with Crippen molar-refractivity contribution in [1.82, 2.24) is 20.2 Å². The van der Waals surface area contributed by atoms with Crippen LogP contribution in [0, 0.1) is 6.92 Å². The second-order valence-electron chi connectivity index (χ2n) is 4.35. The van der Waals surface area contributed by atoms with Gasteiger partial charge < -0.3 is 0 Å². The molecule has 17 heavy (non-hydrogen) atoms. The zero-order valence-corrected chi connectivity index (χ0v) is 11.1. The van der Waals surface area contributed by atoms with Crippen molar-refractivity contribution in [3.05, 3.63) is 22.5 Å². The number of hydrogen-bond acceptors (Lipinski definition) is 5. The smallest absolute Gasteiger partial charge is 0.166 e. The molecule has 0 radical (unpaired) electrons. The molecule has 1 aromatic heterocycles. The van der Waals surface area contributed by atoms with Crippen LogP contribution >= 0.6 is 11.8 Å². The summed E-state index contributed by atoms with van der Waals surface area (Å²) in [4.78, 5) is 9.38. The summed E-state index contributed by atoms with van der Waals surface area (Å²) >= 11 is 1.32. The van der Waals surface area contributed by atoms with Crippen molar-refractivity contribution in [3.63, 3.8) is 0 Å². The Morgan fingerprint density at radius 1 is 1.53 bits per heavy atom. The van der Waals surface area contributed by atoms with Crippen molar-refractivity contribution in [2.24, 2.45) is 7.05 Å². The van der Waals surface area contributed by atoms with E-state index in [9.17, 15) is 4.39 Å². The zero-order valence-electron chi connectivity index (χ0n) is 10.2. The van der Waals surface area contributed by atoms with Gasteiger partial charge in [0.05, 0.1) is 5.75 Å². The minimum atomic E-state index is -0.891. The number of rotatable bonds is 3. The highest BCUT2D eigenvalue weighted by Crippen LogP contribution is 2.35. The Bertz CT molecular complexity index is 469. The lowest BCUT2D eigenvalue weighted by atomic mass is 10.1. The van der Waals surface area contributed by atoms with Crippen LogP contribution < -0.4 is 5.48 Å². The summed E-state index contributed by atoms with van der Waals surface area (Å²) in [5, 5.41) is 4.55. The van der Waals surface area contributed by atoms with E-state index in [1.54, 1.807) is 18.5 Å². The molecule has 0 saturated carbocycles. The number of thioether (sulfide) groups is 1. The lowest BCUT2D eigenvalue weighted by Crippen LogP contribution is -2.22. The molecular weight excluding hydrogens is 243 g/mol. The van der Waals surface area contributed by atoms with Crippen molar-refractivity contribution < 1.29 is 9.23 Å². The molecule has 0 fully saturated rings. The highest BCUT2D eigenvalue weighted by molar-refractivity contribution is 8.02. The minimum absolute atomic E-state index is 0.276. The van der Waals surface area contributed by atoms with Crippen LogP contribution in [0.1, 0.15) is 25.5 Å². The van der Waals surface area contributed by atoms with E-state index in [0.717, 1.165) is 5.82 Å². The Labute approximate surface area is 103 Å². The maximum Gasteiger partial charge on any atom is 0.166 e. The monoisotopic (exact) mass is 258 g/mol. The average Bonchev–Trinajstić information content (AvgIpc) is 2.68. The predicted molar refractivity (Wildman–Crippen MR) is 63.5 cm³/mol. The first-order chi connectivity index (χ1) is 7.90. The summed E-state index contributed by atoms with van der Waals surface area (Å²) < 4.78 is 15.5. The number of nitrogens with zero attached hydrogens (tertiary/aromatic N) is 3. The largest absolute Gasteiger partial charge is 0.262 e. The molecule has 7 heteroatoms. The van der Waals surface area contributed by atoms with E-state index in [2.05, 4.69) is 15.6 Å². The van der Waals surface area contributed by atoms with Crippen molar-refractivity contribution in [1.29, 1.82) is 0 Å². The molecule has 0 aliphatic carbocycles. The number of aromatic nitrogens is 3. The van der Waals surface area contributed by atoms with Crippen LogP contribution in [0.4, 0.5) is 4.39 Å². The summed E-state index contributed by atoms with van der Waals surface area (Å²) in [7, 11) is 1.82. The maximum absolute atomic E-state index is 13.8. The van der Waals surface area contributed by atoms with Gasteiger partial charge in [0.2, 0.25) is 0 Å². The van der Waals surface area contributed by atoms with Gasteiger partial charge in [-0.25, -0.2) is 9.37 Å². The second-order valence-corrected chi connectivity index (χ2v) is 5.33. The summed E-state index contributed by atoms with van der Waals surface area (Å²) in [6.45, 7) is 5.18. The lowest BCUT2D eigenvalue weighted by molar-refractivity contribution is -0.0269. The van der Waals surface area contributed by atoms with E-state index in [1.807, 2.05) is 14.0 Å². The van der Waals surface area contributed by atoms with Crippen LogP contribution in [0.25, 0.3) is 0 Å². The van der Waals surface area contributed by atoms with Gasteiger partial charge in [0.15, 0.2) is 5.83 Å². The molecule has 1 aliphatic rings. The second kappa shape index (κ2) is 4.30. The minimum Gasteiger partial charge on any atom is -0.262 e. The third kappa shape index (κ3) is 2.44. The molecule has 0 aromatic carbocycles. The number of hydroxylamine groups is 1. The molecule has 0 atom stereocenters. The topological polar surface area (TPSA) is 52.0 Å². The molecule has 0 saturated heterocycles. The van der Waals surface area contributed by atoms with Crippen molar-refractivity contribution in [2.45, 2.75) is 32.1 Å². The fraction of sp³-hybridized carbons (Fsp3) is 0.600. The fourth-order valence-electron chi connectivity index (χ4n) is 1.45. The quantitative estimate of drug-likeness (QED) is 0.896. The van der Waals surface area contributed by atoms with Gasteiger partial charge in [-0.15, -0.1) is 0 Å². The van der Waals surface area contributed by atoms with E-state index >= 15 is 0 Å². The van der Waals surface area contributed by atoms with E-state index in [-0.39, 0.29) is 5.83 Å². The highest BCUT2D eigenvalue weighted by atomic mass is 32.2. The maximum atomic E-state index is 13.8. The van der Waals surface area contributed by atoms with E-state index in [4.69, 9.17) is 4.84 Å². The van der Waals surface area contributed by atoms with Crippen LogP contribution in [0.3, 0.4) is 0 Å². The van der Waals surface area contributed by atoms with Crippen molar-refractivity contribution >= 4 is 11.8 Å².